The average molecular weight is 296 g/mol. The van der Waals surface area contributed by atoms with Gasteiger partial charge in [-0.3, -0.25) is 0 Å². The van der Waals surface area contributed by atoms with E-state index in [2.05, 4.69) is 6.07 Å². The quantitative estimate of drug-likeness (QED) is 0.523. The lowest BCUT2D eigenvalue weighted by Gasteiger charge is -2.28. The van der Waals surface area contributed by atoms with Gasteiger partial charge in [-0.05, 0) is 65.7 Å². The van der Waals surface area contributed by atoms with Crippen molar-refractivity contribution in [1.29, 1.82) is 0 Å². The average Bonchev–Trinajstić information content (AvgIpc) is 2.43. The zero-order valence-electron chi connectivity index (χ0n) is 14.2. The summed E-state index contributed by atoms with van der Waals surface area (Å²) in [5, 5.41) is 0. The maximum atomic E-state index is 5.55. The molecule has 120 valence electrons. The zero-order chi connectivity index (χ0) is 16.1. The summed E-state index contributed by atoms with van der Waals surface area (Å²) in [6, 6.07) is 8.08. The zero-order valence-corrected chi connectivity index (χ0v) is 14.2. The molecule has 0 fully saturated rings. The van der Waals surface area contributed by atoms with E-state index in [1.54, 1.807) is 0 Å². The summed E-state index contributed by atoms with van der Waals surface area (Å²) < 4.78 is 0. The van der Waals surface area contributed by atoms with Crippen LogP contribution in [0.25, 0.3) is 0 Å². The van der Waals surface area contributed by atoms with Crippen LogP contribution in [-0.2, 0) is 30.8 Å². The fourth-order valence-electron chi connectivity index (χ4n) is 1.79. The van der Waals surface area contributed by atoms with Crippen LogP contribution >= 0.6 is 0 Å². The van der Waals surface area contributed by atoms with Crippen LogP contribution in [0.4, 0.5) is 0 Å². The molecule has 1 aromatic rings. The highest BCUT2D eigenvalue weighted by molar-refractivity contribution is 5.30. The summed E-state index contributed by atoms with van der Waals surface area (Å²) in [4.78, 5) is 21.4. The standard InChI is InChI=1S/C17H28O4/c1-8-18-20-16(4,5)14-10-9-11-15(12-14)17(6,7)21-19-13(2)3/h9-13H,8H2,1-7H3. The van der Waals surface area contributed by atoms with E-state index in [4.69, 9.17) is 19.6 Å². The van der Waals surface area contributed by atoms with Gasteiger partial charge >= 0.3 is 0 Å². The molecule has 0 atom stereocenters. The van der Waals surface area contributed by atoms with E-state index in [-0.39, 0.29) is 6.10 Å². The minimum absolute atomic E-state index is 0.0187. The first-order chi connectivity index (χ1) is 9.69. The molecule has 0 aliphatic rings. The van der Waals surface area contributed by atoms with Crippen LogP contribution in [0.2, 0.25) is 0 Å². The Hall–Kier alpha value is -0.940. The molecule has 0 radical (unpaired) electrons. The minimum atomic E-state index is -0.540. The Kier molecular flexibility index (Phi) is 6.35. The van der Waals surface area contributed by atoms with E-state index < -0.39 is 11.2 Å². The molecule has 4 nitrogen and oxygen atoms in total. The molecule has 0 unspecified atom stereocenters. The summed E-state index contributed by atoms with van der Waals surface area (Å²) in [6.45, 7) is 14.2. The van der Waals surface area contributed by atoms with Gasteiger partial charge in [-0.25, -0.2) is 19.6 Å². The van der Waals surface area contributed by atoms with Crippen LogP contribution in [0.1, 0.15) is 59.6 Å². The van der Waals surface area contributed by atoms with E-state index in [9.17, 15) is 0 Å². The van der Waals surface area contributed by atoms with Crippen LogP contribution in [-0.4, -0.2) is 12.7 Å². The van der Waals surface area contributed by atoms with Gasteiger partial charge in [-0.1, -0.05) is 18.2 Å². The number of benzene rings is 1. The molecule has 0 bridgehead atoms. The van der Waals surface area contributed by atoms with Gasteiger partial charge in [0, 0.05) is 0 Å². The normalized spacial score (nSPS) is 13.0. The fraction of sp³-hybridized carbons (Fsp3) is 0.647. The predicted molar refractivity (Wildman–Crippen MR) is 82.5 cm³/mol. The Morgan fingerprint density at radius 2 is 1.48 bits per heavy atom. The number of hydrogen-bond acceptors (Lipinski definition) is 4. The Bertz CT molecular complexity index is 438. The molecule has 0 aliphatic carbocycles. The third-order valence-corrected chi connectivity index (χ3v) is 3.09. The Labute approximate surface area is 128 Å². The summed E-state index contributed by atoms with van der Waals surface area (Å²) >= 11 is 0. The lowest BCUT2D eigenvalue weighted by atomic mass is 9.91. The maximum Gasteiger partial charge on any atom is 0.123 e. The van der Waals surface area contributed by atoms with E-state index in [1.807, 2.05) is 66.7 Å². The van der Waals surface area contributed by atoms with Gasteiger partial charge in [0.05, 0.1) is 12.7 Å². The molecule has 1 aromatic carbocycles. The lowest BCUT2D eigenvalue weighted by molar-refractivity contribution is -0.376. The highest BCUT2D eigenvalue weighted by Gasteiger charge is 2.28. The monoisotopic (exact) mass is 296 g/mol. The van der Waals surface area contributed by atoms with Crippen molar-refractivity contribution in [3.05, 3.63) is 35.4 Å². The first-order valence-electron chi connectivity index (χ1n) is 7.45. The second kappa shape index (κ2) is 7.36. The molecular weight excluding hydrogens is 268 g/mol. The molecule has 0 aliphatic heterocycles. The summed E-state index contributed by atoms with van der Waals surface area (Å²) in [7, 11) is 0. The van der Waals surface area contributed by atoms with Crippen molar-refractivity contribution in [2.75, 3.05) is 6.61 Å². The van der Waals surface area contributed by atoms with Gasteiger partial charge in [0.2, 0.25) is 0 Å². The van der Waals surface area contributed by atoms with Crippen molar-refractivity contribution in [1.82, 2.24) is 0 Å². The molecule has 0 N–H and O–H groups in total. The van der Waals surface area contributed by atoms with E-state index in [1.165, 1.54) is 0 Å². The Morgan fingerprint density at radius 3 is 1.95 bits per heavy atom. The molecule has 1 rings (SSSR count). The molecule has 0 spiro atoms. The van der Waals surface area contributed by atoms with Gasteiger partial charge in [-0.15, -0.1) is 0 Å². The van der Waals surface area contributed by atoms with Crippen molar-refractivity contribution < 1.29 is 19.6 Å². The van der Waals surface area contributed by atoms with Gasteiger partial charge in [0.15, 0.2) is 0 Å². The molecule has 0 aromatic heterocycles. The van der Waals surface area contributed by atoms with Crippen molar-refractivity contribution in [3.8, 4) is 0 Å². The van der Waals surface area contributed by atoms with Gasteiger partial charge in [-0.2, -0.15) is 0 Å². The smallest absolute Gasteiger partial charge is 0.123 e. The lowest BCUT2D eigenvalue weighted by Crippen LogP contribution is -2.26. The number of hydrogen-bond donors (Lipinski definition) is 0. The van der Waals surface area contributed by atoms with Crippen LogP contribution in [0.3, 0.4) is 0 Å². The molecule has 0 amide bonds. The van der Waals surface area contributed by atoms with Crippen molar-refractivity contribution in [3.63, 3.8) is 0 Å². The highest BCUT2D eigenvalue weighted by Crippen LogP contribution is 2.31. The topological polar surface area (TPSA) is 36.9 Å². The molecule has 0 heterocycles. The third kappa shape index (κ3) is 5.40. The first kappa shape index (κ1) is 18.1. The van der Waals surface area contributed by atoms with E-state index >= 15 is 0 Å². The van der Waals surface area contributed by atoms with Crippen LogP contribution < -0.4 is 0 Å². The molecule has 0 saturated carbocycles. The first-order valence-corrected chi connectivity index (χ1v) is 7.45. The summed E-state index contributed by atoms with van der Waals surface area (Å²) in [5.74, 6) is 0. The van der Waals surface area contributed by atoms with Crippen molar-refractivity contribution >= 4 is 0 Å². The Balaban J connectivity index is 2.93. The van der Waals surface area contributed by atoms with E-state index in [0.717, 1.165) is 11.1 Å². The molecule has 21 heavy (non-hydrogen) atoms. The van der Waals surface area contributed by atoms with Crippen LogP contribution in [0.5, 0.6) is 0 Å². The van der Waals surface area contributed by atoms with Gasteiger partial charge in [0.25, 0.3) is 0 Å². The highest BCUT2D eigenvalue weighted by atomic mass is 17.2. The number of rotatable bonds is 8. The summed E-state index contributed by atoms with van der Waals surface area (Å²) in [5.41, 5.74) is 0.978. The third-order valence-electron chi connectivity index (χ3n) is 3.09. The van der Waals surface area contributed by atoms with Crippen LogP contribution in [0.15, 0.2) is 24.3 Å². The van der Waals surface area contributed by atoms with Crippen molar-refractivity contribution in [2.24, 2.45) is 0 Å². The second-order valence-electron chi connectivity index (χ2n) is 6.32. The molecule has 4 heteroatoms. The van der Waals surface area contributed by atoms with Crippen LogP contribution in [0, 0.1) is 0 Å². The fourth-order valence-corrected chi connectivity index (χ4v) is 1.79. The SMILES string of the molecule is CCOOC(C)(C)c1cccc(C(C)(C)OOC(C)C)c1. The van der Waals surface area contributed by atoms with E-state index in [0.29, 0.717) is 6.61 Å². The Morgan fingerprint density at radius 1 is 0.952 bits per heavy atom. The van der Waals surface area contributed by atoms with Gasteiger partial charge in [0.1, 0.15) is 11.2 Å². The molecule has 0 saturated heterocycles. The molecular formula is C17H28O4. The van der Waals surface area contributed by atoms with Gasteiger partial charge < -0.3 is 0 Å². The minimum Gasteiger partial charge on any atom is -0.236 e. The predicted octanol–water partition coefficient (Wildman–Crippen LogP) is 4.48. The second-order valence-corrected chi connectivity index (χ2v) is 6.32. The summed E-state index contributed by atoms with van der Waals surface area (Å²) in [6.07, 6.45) is 0.0187. The maximum absolute atomic E-state index is 5.55. The largest absolute Gasteiger partial charge is 0.236 e. The van der Waals surface area contributed by atoms with Crippen molar-refractivity contribution in [2.45, 2.75) is 65.8 Å².